The monoisotopic (exact) mass is 387 g/mol. The standard InChI is InChI=1S/C18H21N5O3S/c1-21-4-6-22(7-5-21)18-20-13-3-2-12(10-15(13)27-18)19-14-11-16(25)23(8-9-24)17(14)26/h2-3,10-11,19,24H,4-9H2,1H3. The summed E-state index contributed by atoms with van der Waals surface area (Å²) in [7, 11) is 2.12. The Morgan fingerprint density at radius 2 is 2.00 bits per heavy atom. The first kappa shape index (κ1) is 17.9. The molecule has 27 heavy (non-hydrogen) atoms. The van der Waals surface area contributed by atoms with Crippen molar-refractivity contribution in [3.8, 4) is 0 Å². The number of benzene rings is 1. The number of carbonyl (C=O) groups is 2. The second-order valence-electron chi connectivity index (χ2n) is 6.67. The Morgan fingerprint density at radius 3 is 2.74 bits per heavy atom. The number of rotatable bonds is 5. The van der Waals surface area contributed by atoms with Gasteiger partial charge in [0.05, 0.1) is 23.4 Å². The van der Waals surface area contributed by atoms with Crippen LogP contribution < -0.4 is 10.2 Å². The summed E-state index contributed by atoms with van der Waals surface area (Å²) in [6, 6.07) is 5.71. The van der Waals surface area contributed by atoms with Crippen molar-refractivity contribution < 1.29 is 14.7 Å². The number of carbonyl (C=O) groups excluding carboxylic acids is 2. The van der Waals surface area contributed by atoms with Crippen molar-refractivity contribution >= 4 is 44.2 Å². The number of likely N-dealkylation sites (N-methyl/N-ethyl adjacent to an activating group) is 1. The Morgan fingerprint density at radius 1 is 1.22 bits per heavy atom. The molecule has 9 heteroatoms. The summed E-state index contributed by atoms with van der Waals surface area (Å²) < 4.78 is 1.03. The van der Waals surface area contributed by atoms with Gasteiger partial charge in [-0.15, -0.1) is 0 Å². The second kappa shape index (κ2) is 7.26. The molecule has 1 saturated heterocycles. The molecule has 8 nitrogen and oxygen atoms in total. The first-order valence-electron chi connectivity index (χ1n) is 8.84. The van der Waals surface area contributed by atoms with Gasteiger partial charge in [0.15, 0.2) is 5.13 Å². The number of nitrogens with one attached hydrogen (secondary N) is 1. The third-order valence-corrected chi connectivity index (χ3v) is 5.84. The van der Waals surface area contributed by atoms with E-state index in [1.165, 1.54) is 6.08 Å². The minimum Gasteiger partial charge on any atom is -0.395 e. The number of piperazine rings is 1. The van der Waals surface area contributed by atoms with Gasteiger partial charge in [-0.1, -0.05) is 11.3 Å². The highest BCUT2D eigenvalue weighted by Crippen LogP contribution is 2.31. The minimum atomic E-state index is -0.420. The molecule has 0 unspecified atom stereocenters. The van der Waals surface area contributed by atoms with Crippen molar-refractivity contribution in [1.29, 1.82) is 0 Å². The fraction of sp³-hybridized carbons (Fsp3) is 0.389. The van der Waals surface area contributed by atoms with E-state index in [4.69, 9.17) is 10.1 Å². The van der Waals surface area contributed by atoms with E-state index in [0.29, 0.717) is 0 Å². The van der Waals surface area contributed by atoms with Crippen LogP contribution in [-0.4, -0.2) is 78.1 Å². The number of imide groups is 1. The average Bonchev–Trinajstić information content (AvgIpc) is 3.19. The number of hydrogen-bond acceptors (Lipinski definition) is 8. The SMILES string of the molecule is CN1CCN(c2nc3ccc(NC4=CC(=O)N(CCO)C4=O)cc3s2)CC1. The van der Waals surface area contributed by atoms with Crippen LogP contribution >= 0.6 is 11.3 Å². The molecular formula is C18H21N5O3S. The van der Waals surface area contributed by atoms with E-state index in [0.717, 1.165) is 52.1 Å². The summed E-state index contributed by atoms with van der Waals surface area (Å²) in [5.74, 6) is -0.829. The predicted octanol–water partition coefficient (Wildman–Crippen LogP) is 0.705. The van der Waals surface area contributed by atoms with Gasteiger partial charge in [0.25, 0.3) is 11.8 Å². The molecule has 2 N–H and O–H groups in total. The zero-order valence-electron chi connectivity index (χ0n) is 15.0. The van der Waals surface area contributed by atoms with Crippen LogP contribution in [-0.2, 0) is 9.59 Å². The highest BCUT2D eigenvalue weighted by Gasteiger charge is 2.30. The normalized spacial score (nSPS) is 18.5. The smallest absolute Gasteiger partial charge is 0.277 e. The van der Waals surface area contributed by atoms with Crippen LogP contribution in [0, 0.1) is 0 Å². The van der Waals surface area contributed by atoms with Gasteiger partial charge in [0.1, 0.15) is 5.70 Å². The fourth-order valence-corrected chi connectivity index (χ4v) is 4.25. The van der Waals surface area contributed by atoms with E-state index in [1.54, 1.807) is 11.3 Å². The van der Waals surface area contributed by atoms with E-state index in [-0.39, 0.29) is 18.8 Å². The van der Waals surface area contributed by atoms with Crippen molar-refractivity contribution in [2.24, 2.45) is 0 Å². The molecule has 0 atom stereocenters. The van der Waals surface area contributed by atoms with Crippen LogP contribution in [0.1, 0.15) is 0 Å². The number of amides is 2. The second-order valence-corrected chi connectivity index (χ2v) is 7.68. The summed E-state index contributed by atoms with van der Waals surface area (Å²) in [6.45, 7) is 3.73. The predicted molar refractivity (Wildman–Crippen MR) is 105 cm³/mol. The molecule has 1 aromatic carbocycles. The molecule has 2 aliphatic heterocycles. The van der Waals surface area contributed by atoms with Gasteiger partial charge in [-0.05, 0) is 25.2 Å². The lowest BCUT2D eigenvalue weighted by Gasteiger charge is -2.31. The molecule has 2 aromatic rings. The van der Waals surface area contributed by atoms with Crippen LogP contribution in [0.15, 0.2) is 30.0 Å². The molecule has 142 valence electrons. The Hall–Kier alpha value is -2.49. The molecule has 0 aliphatic carbocycles. The maximum atomic E-state index is 12.3. The molecule has 2 amide bonds. The maximum Gasteiger partial charge on any atom is 0.277 e. The largest absolute Gasteiger partial charge is 0.395 e. The maximum absolute atomic E-state index is 12.3. The van der Waals surface area contributed by atoms with Crippen molar-refractivity contribution in [2.45, 2.75) is 0 Å². The van der Waals surface area contributed by atoms with E-state index in [1.807, 2.05) is 18.2 Å². The quantitative estimate of drug-likeness (QED) is 0.730. The van der Waals surface area contributed by atoms with Gasteiger partial charge in [-0.2, -0.15) is 0 Å². The number of nitrogens with zero attached hydrogens (tertiary/aromatic N) is 4. The van der Waals surface area contributed by atoms with Crippen LogP contribution in [0.25, 0.3) is 10.2 Å². The van der Waals surface area contributed by atoms with Gasteiger partial charge in [-0.25, -0.2) is 4.98 Å². The van der Waals surface area contributed by atoms with Crippen LogP contribution in [0.4, 0.5) is 10.8 Å². The average molecular weight is 387 g/mol. The first-order chi connectivity index (χ1) is 13.0. The minimum absolute atomic E-state index is 0.00160. The summed E-state index contributed by atoms with van der Waals surface area (Å²) in [5.41, 5.74) is 1.87. The first-order valence-corrected chi connectivity index (χ1v) is 9.66. The molecule has 0 spiro atoms. The third kappa shape index (κ3) is 3.53. The van der Waals surface area contributed by atoms with Crippen molar-refractivity contribution in [1.82, 2.24) is 14.8 Å². The van der Waals surface area contributed by atoms with Crippen molar-refractivity contribution in [3.05, 3.63) is 30.0 Å². The lowest BCUT2D eigenvalue weighted by Crippen LogP contribution is -2.44. The Kier molecular flexibility index (Phi) is 4.81. The van der Waals surface area contributed by atoms with E-state index in [9.17, 15) is 9.59 Å². The number of aliphatic hydroxyl groups is 1. The van der Waals surface area contributed by atoms with Gasteiger partial charge < -0.3 is 20.2 Å². The third-order valence-electron chi connectivity index (χ3n) is 4.76. The molecule has 2 aliphatic rings. The van der Waals surface area contributed by atoms with E-state index < -0.39 is 11.8 Å². The molecule has 1 aromatic heterocycles. The molecule has 0 saturated carbocycles. The Bertz CT molecular complexity index is 917. The van der Waals surface area contributed by atoms with Crippen LogP contribution in [0.2, 0.25) is 0 Å². The molecule has 3 heterocycles. The number of aromatic nitrogens is 1. The van der Waals surface area contributed by atoms with E-state index >= 15 is 0 Å². The topological polar surface area (TPSA) is 89.0 Å². The van der Waals surface area contributed by atoms with Crippen LogP contribution in [0.5, 0.6) is 0 Å². The van der Waals surface area contributed by atoms with E-state index in [2.05, 4.69) is 22.2 Å². The molecule has 0 radical (unpaired) electrons. The van der Waals surface area contributed by atoms with Gasteiger partial charge in [0.2, 0.25) is 0 Å². The fourth-order valence-electron chi connectivity index (χ4n) is 3.19. The molecule has 0 bridgehead atoms. The van der Waals surface area contributed by atoms with Gasteiger partial charge in [-0.3, -0.25) is 14.5 Å². The molecule has 4 rings (SSSR count). The number of fused-ring (bicyclic) bond motifs is 1. The Balaban J connectivity index is 1.51. The van der Waals surface area contributed by atoms with Crippen molar-refractivity contribution in [2.75, 3.05) is 56.6 Å². The summed E-state index contributed by atoms with van der Waals surface area (Å²) >= 11 is 1.63. The van der Waals surface area contributed by atoms with Crippen molar-refractivity contribution in [3.63, 3.8) is 0 Å². The lowest BCUT2D eigenvalue weighted by atomic mass is 10.3. The highest BCUT2D eigenvalue weighted by atomic mass is 32.1. The summed E-state index contributed by atoms with van der Waals surface area (Å²) in [6.07, 6.45) is 1.27. The van der Waals surface area contributed by atoms with Gasteiger partial charge >= 0.3 is 0 Å². The summed E-state index contributed by atoms with van der Waals surface area (Å²) in [4.78, 5) is 34.5. The number of aliphatic hydroxyl groups excluding tert-OH is 1. The zero-order valence-corrected chi connectivity index (χ0v) is 15.8. The number of β-amino-alcohol motifs (C(OH)–C–C–N with tert-alkyl or cyclic N) is 1. The number of hydrogen-bond donors (Lipinski definition) is 2. The summed E-state index contributed by atoms with van der Waals surface area (Å²) in [5, 5.41) is 13.0. The van der Waals surface area contributed by atoms with Gasteiger partial charge in [0, 0.05) is 37.9 Å². The highest BCUT2D eigenvalue weighted by molar-refractivity contribution is 7.22. The lowest BCUT2D eigenvalue weighted by molar-refractivity contribution is -0.137. The molecule has 1 fully saturated rings. The van der Waals surface area contributed by atoms with Crippen LogP contribution in [0.3, 0.4) is 0 Å². The zero-order chi connectivity index (χ0) is 19.0. The Labute approximate surface area is 160 Å². The molecular weight excluding hydrogens is 366 g/mol. The number of anilines is 2. The number of thiazole rings is 1.